The number of para-hydroxylation sites is 1. The van der Waals surface area contributed by atoms with E-state index >= 15 is 0 Å². The molecule has 2 unspecified atom stereocenters. The Morgan fingerprint density at radius 1 is 1.07 bits per heavy atom. The molecule has 140 valence electrons. The zero-order chi connectivity index (χ0) is 18.8. The molecule has 1 saturated heterocycles. The van der Waals surface area contributed by atoms with Crippen LogP contribution in [0.15, 0.2) is 30.6 Å². The molecule has 1 aromatic carbocycles. The average molecular weight is 363 g/mol. The van der Waals surface area contributed by atoms with E-state index in [9.17, 15) is 0 Å². The van der Waals surface area contributed by atoms with Crippen LogP contribution in [0.3, 0.4) is 0 Å². The lowest BCUT2D eigenvalue weighted by atomic mass is 9.65. The van der Waals surface area contributed by atoms with Gasteiger partial charge in [0.2, 0.25) is 0 Å². The zero-order valence-corrected chi connectivity index (χ0v) is 16.1. The van der Waals surface area contributed by atoms with Crippen LogP contribution in [0.1, 0.15) is 40.0 Å². The number of hydrogen-bond acceptors (Lipinski definition) is 6. The van der Waals surface area contributed by atoms with E-state index in [1.54, 1.807) is 11.0 Å². The van der Waals surface area contributed by atoms with Crippen LogP contribution in [-0.2, 0) is 0 Å². The first-order valence-corrected chi connectivity index (χ1v) is 9.53. The number of nitrogen functional groups attached to an aromatic ring is 1. The first-order valence-electron chi connectivity index (χ1n) is 9.53. The van der Waals surface area contributed by atoms with Crippen LogP contribution in [0.4, 0.5) is 11.5 Å². The number of benzene rings is 1. The lowest BCUT2D eigenvalue weighted by molar-refractivity contribution is 0.136. The Kier molecular flexibility index (Phi) is 3.30. The third kappa shape index (κ3) is 2.56. The lowest BCUT2D eigenvalue weighted by Crippen LogP contribution is -2.35. The van der Waals surface area contributed by atoms with Crippen LogP contribution in [0, 0.1) is 10.8 Å². The number of fused-ring (bicyclic) bond motifs is 3. The summed E-state index contributed by atoms with van der Waals surface area (Å²) in [7, 11) is 0. The second kappa shape index (κ2) is 5.41. The second-order valence-corrected chi connectivity index (χ2v) is 9.27. The van der Waals surface area contributed by atoms with E-state index in [2.05, 4.69) is 46.0 Å². The molecular weight excluding hydrogens is 338 g/mol. The summed E-state index contributed by atoms with van der Waals surface area (Å²) in [6, 6.07) is 8.29. The highest BCUT2D eigenvalue weighted by molar-refractivity contribution is 5.79. The van der Waals surface area contributed by atoms with E-state index in [0.717, 1.165) is 29.8 Å². The van der Waals surface area contributed by atoms with Crippen molar-refractivity contribution in [1.29, 1.82) is 0 Å². The van der Waals surface area contributed by atoms with Gasteiger partial charge in [0.25, 0.3) is 0 Å². The van der Waals surface area contributed by atoms with Gasteiger partial charge in [0, 0.05) is 12.6 Å². The molecule has 1 saturated carbocycles. The summed E-state index contributed by atoms with van der Waals surface area (Å²) in [5.74, 6) is 1.42. The van der Waals surface area contributed by atoms with Gasteiger partial charge in [-0.15, -0.1) is 5.10 Å². The van der Waals surface area contributed by atoms with E-state index in [4.69, 9.17) is 5.73 Å². The molecule has 2 N–H and O–H groups in total. The number of anilines is 2. The van der Waals surface area contributed by atoms with Crippen molar-refractivity contribution in [2.24, 2.45) is 10.8 Å². The zero-order valence-electron chi connectivity index (χ0n) is 16.1. The van der Waals surface area contributed by atoms with Crippen molar-refractivity contribution in [1.82, 2.24) is 25.0 Å². The number of nitrogens with zero attached hydrogens (tertiary/aromatic N) is 6. The molecule has 3 heterocycles. The highest BCUT2D eigenvalue weighted by atomic mass is 15.4. The average Bonchev–Trinajstić information content (AvgIpc) is 3.13. The van der Waals surface area contributed by atoms with Crippen molar-refractivity contribution in [3.8, 4) is 5.82 Å². The molecule has 0 amide bonds. The van der Waals surface area contributed by atoms with Crippen molar-refractivity contribution < 1.29 is 0 Å². The summed E-state index contributed by atoms with van der Waals surface area (Å²) in [6.07, 6.45) is 5.18. The number of aromatic nitrogens is 5. The minimum atomic E-state index is 0.309. The van der Waals surface area contributed by atoms with E-state index in [-0.39, 0.29) is 0 Å². The summed E-state index contributed by atoms with van der Waals surface area (Å²) in [6.45, 7) is 8.12. The van der Waals surface area contributed by atoms with Gasteiger partial charge < -0.3 is 10.6 Å². The fourth-order valence-corrected chi connectivity index (χ4v) is 5.51. The maximum atomic E-state index is 6.58. The summed E-state index contributed by atoms with van der Waals surface area (Å²) in [5, 5.41) is 8.51. The van der Waals surface area contributed by atoms with Gasteiger partial charge in [-0.2, -0.15) is 4.68 Å². The van der Waals surface area contributed by atoms with Crippen LogP contribution < -0.4 is 10.6 Å². The van der Waals surface area contributed by atoms with E-state index in [1.165, 1.54) is 12.8 Å². The molecule has 0 spiro atoms. The van der Waals surface area contributed by atoms with Crippen molar-refractivity contribution in [3.05, 3.63) is 30.6 Å². The van der Waals surface area contributed by atoms with Crippen LogP contribution in [-0.4, -0.2) is 37.5 Å². The summed E-state index contributed by atoms with van der Waals surface area (Å²) < 4.78 is 1.71. The fraction of sp³-hybridized carbons (Fsp3) is 0.500. The van der Waals surface area contributed by atoms with Crippen LogP contribution in [0.2, 0.25) is 0 Å². The van der Waals surface area contributed by atoms with Gasteiger partial charge in [0.05, 0.1) is 5.52 Å². The predicted molar refractivity (Wildman–Crippen MR) is 106 cm³/mol. The highest BCUT2D eigenvalue weighted by Gasteiger charge is 2.50. The van der Waals surface area contributed by atoms with Gasteiger partial charge in [0.1, 0.15) is 17.5 Å². The Morgan fingerprint density at radius 2 is 1.85 bits per heavy atom. The molecule has 3 aromatic rings. The van der Waals surface area contributed by atoms with Gasteiger partial charge >= 0.3 is 0 Å². The quantitative estimate of drug-likeness (QED) is 0.752. The SMILES string of the molecule is CC1(C)CC2CC(C)(CN2c2ncnc(-n3nnc4ccccc43)c2N)C1. The van der Waals surface area contributed by atoms with Gasteiger partial charge in [-0.05, 0) is 42.2 Å². The van der Waals surface area contributed by atoms with E-state index < -0.39 is 0 Å². The molecule has 2 aromatic heterocycles. The van der Waals surface area contributed by atoms with Gasteiger partial charge in [0.15, 0.2) is 11.6 Å². The summed E-state index contributed by atoms with van der Waals surface area (Å²) >= 11 is 0. The van der Waals surface area contributed by atoms with Crippen LogP contribution in [0.5, 0.6) is 0 Å². The maximum absolute atomic E-state index is 6.58. The third-order valence-corrected chi connectivity index (χ3v) is 6.08. The van der Waals surface area contributed by atoms with Crippen molar-refractivity contribution in [3.63, 3.8) is 0 Å². The summed E-state index contributed by atoms with van der Waals surface area (Å²) in [4.78, 5) is 11.4. The Morgan fingerprint density at radius 3 is 2.70 bits per heavy atom. The Hall–Kier alpha value is -2.70. The molecule has 1 aliphatic carbocycles. The van der Waals surface area contributed by atoms with Gasteiger partial charge in [-0.1, -0.05) is 38.1 Å². The molecule has 0 radical (unpaired) electrons. The Balaban J connectivity index is 1.59. The van der Waals surface area contributed by atoms with E-state index in [0.29, 0.717) is 28.4 Å². The van der Waals surface area contributed by atoms with Crippen molar-refractivity contribution in [2.45, 2.75) is 46.1 Å². The third-order valence-electron chi connectivity index (χ3n) is 6.08. The normalized spacial score (nSPS) is 26.6. The molecule has 2 atom stereocenters. The van der Waals surface area contributed by atoms with Crippen molar-refractivity contribution >= 4 is 22.5 Å². The first-order chi connectivity index (χ1) is 12.9. The molecule has 2 bridgehead atoms. The van der Waals surface area contributed by atoms with Gasteiger partial charge in [-0.25, -0.2) is 9.97 Å². The first kappa shape index (κ1) is 16.5. The molecule has 7 nitrogen and oxygen atoms in total. The second-order valence-electron chi connectivity index (χ2n) is 9.27. The molecule has 2 aliphatic rings. The number of rotatable bonds is 2. The van der Waals surface area contributed by atoms with Crippen LogP contribution in [0.25, 0.3) is 16.9 Å². The van der Waals surface area contributed by atoms with Gasteiger partial charge in [-0.3, -0.25) is 0 Å². The predicted octanol–water partition coefficient (Wildman–Crippen LogP) is 3.20. The minimum absolute atomic E-state index is 0.309. The molecule has 7 heteroatoms. The molecule has 5 rings (SSSR count). The van der Waals surface area contributed by atoms with Crippen LogP contribution >= 0.6 is 0 Å². The Bertz CT molecular complexity index is 1020. The topological polar surface area (TPSA) is 85.8 Å². The minimum Gasteiger partial charge on any atom is -0.393 e. The summed E-state index contributed by atoms with van der Waals surface area (Å²) in [5.41, 5.74) is 9.52. The highest BCUT2D eigenvalue weighted by Crippen LogP contribution is 2.53. The molecule has 27 heavy (non-hydrogen) atoms. The number of nitrogens with two attached hydrogens (primary N) is 1. The van der Waals surface area contributed by atoms with E-state index in [1.807, 2.05) is 24.3 Å². The largest absolute Gasteiger partial charge is 0.393 e. The number of hydrogen-bond donors (Lipinski definition) is 1. The lowest BCUT2D eigenvalue weighted by Gasteiger charge is -2.39. The Labute approximate surface area is 158 Å². The molecule has 1 aliphatic heterocycles. The monoisotopic (exact) mass is 363 g/mol. The molecule has 2 fully saturated rings. The standard InChI is InChI=1S/C20H25N7/c1-19(2)8-13-9-20(3,10-19)11-26(13)17-16(21)18(23-12-22-17)27-15-7-5-4-6-14(15)24-25-27/h4-7,12-13H,8-11,21H2,1-3H3. The smallest absolute Gasteiger partial charge is 0.184 e. The maximum Gasteiger partial charge on any atom is 0.184 e. The molecular formula is C20H25N7. The fourth-order valence-electron chi connectivity index (χ4n) is 5.51. The van der Waals surface area contributed by atoms with Crippen molar-refractivity contribution in [2.75, 3.05) is 17.2 Å².